The number of rotatable bonds is 5. The average molecular weight is 336 g/mol. The number of ether oxygens (including phenoxy) is 1. The smallest absolute Gasteiger partial charge is 0.319 e. The van der Waals surface area contributed by atoms with E-state index in [1.54, 1.807) is 31.4 Å². The molecule has 3 aromatic rings. The molecule has 5 nitrogen and oxygen atoms in total. The highest BCUT2D eigenvalue weighted by Crippen LogP contribution is 2.23. The maximum atomic E-state index is 12.2. The SMILES string of the molecule is COc1cccc(C(O)CNC(=O)Nc2cccc3ccccc23)c1. The molecule has 0 heterocycles. The molecular formula is C20H20N2O3. The lowest BCUT2D eigenvalue weighted by molar-refractivity contribution is 0.175. The van der Waals surface area contributed by atoms with Crippen LogP contribution in [0.15, 0.2) is 66.7 Å². The molecular weight excluding hydrogens is 316 g/mol. The molecule has 2 amide bonds. The zero-order chi connectivity index (χ0) is 17.6. The first-order valence-electron chi connectivity index (χ1n) is 8.02. The lowest BCUT2D eigenvalue weighted by Crippen LogP contribution is -2.32. The molecule has 0 aliphatic carbocycles. The largest absolute Gasteiger partial charge is 0.497 e. The van der Waals surface area contributed by atoms with Crippen molar-refractivity contribution in [2.24, 2.45) is 0 Å². The highest BCUT2D eigenvalue weighted by molar-refractivity contribution is 6.01. The second-order valence-electron chi connectivity index (χ2n) is 5.65. The molecule has 3 N–H and O–H groups in total. The summed E-state index contributed by atoms with van der Waals surface area (Å²) in [5, 5.41) is 17.8. The molecule has 0 saturated heterocycles. The van der Waals surface area contributed by atoms with Gasteiger partial charge in [-0.3, -0.25) is 0 Å². The summed E-state index contributed by atoms with van der Waals surface area (Å²) >= 11 is 0. The molecule has 5 heteroatoms. The van der Waals surface area contributed by atoms with E-state index in [1.165, 1.54) is 0 Å². The lowest BCUT2D eigenvalue weighted by Gasteiger charge is -2.14. The monoisotopic (exact) mass is 336 g/mol. The van der Waals surface area contributed by atoms with Crippen molar-refractivity contribution in [3.63, 3.8) is 0 Å². The van der Waals surface area contributed by atoms with E-state index in [2.05, 4.69) is 10.6 Å². The van der Waals surface area contributed by atoms with Gasteiger partial charge in [0, 0.05) is 11.9 Å². The number of methoxy groups -OCH3 is 1. The molecule has 0 aliphatic rings. The number of benzene rings is 3. The summed E-state index contributed by atoms with van der Waals surface area (Å²) in [6.07, 6.45) is -0.812. The van der Waals surface area contributed by atoms with Crippen molar-refractivity contribution >= 4 is 22.5 Å². The Labute approximate surface area is 146 Å². The summed E-state index contributed by atoms with van der Waals surface area (Å²) in [7, 11) is 1.57. The molecule has 0 fully saturated rings. The van der Waals surface area contributed by atoms with Crippen molar-refractivity contribution in [1.29, 1.82) is 0 Å². The molecule has 128 valence electrons. The van der Waals surface area contributed by atoms with Gasteiger partial charge >= 0.3 is 6.03 Å². The second kappa shape index (κ2) is 7.68. The Morgan fingerprint density at radius 1 is 1.08 bits per heavy atom. The van der Waals surface area contributed by atoms with Crippen molar-refractivity contribution in [3.8, 4) is 5.75 Å². The Morgan fingerprint density at radius 3 is 2.68 bits per heavy atom. The summed E-state index contributed by atoms with van der Waals surface area (Å²) in [5.41, 5.74) is 1.41. The van der Waals surface area contributed by atoms with Gasteiger partial charge in [-0.2, -0.15) is 0 Å². The summed E-state index contributed by atoms with van der Waals surface area (Å²) in [4.78, 5) is 12.2. The molecule has 0 bridgehead atoms. The molecule has 0 aliphatic heterocycles. The van der Waals surface area contributed by atoms with Crippen LogP contribution in [0.5, 0.6) is 5.75 Å². The van der Waals surface area contributed by atoms with Crippen LogP contribution < -0.4 is 15.4 Å². The third kappa shape index (κ3) is 4.08. The van der Waals surface area contributed by atoms with Crippen LogP contribution in [0.2, 0.25) is 0 Å². The van der Waals surface area contributed by atoms with Gasteiger partial charge in [0.1, 0.15) is 5.75 Å². The van der Waals surface area contributed by atoms with Gasteiger partial charge in [-0.25, -0.2) is 4.79 Å². The first kappa shape index (κ1) is 16.8. The molecule has 3 rings (SSSR count). The molecule has 0 spiro atoms. The van der Waals surface area contributed by atoms with Crippen molar-refractivity contribution in [2.75, 3.05) is 19.0 Å². The maximum absolute atomic E-state index is 12.2. The standard InChI is InChI=1S/C20H20N2O3/c1-25-16-9-4-8-15(12-16)19(23)13-21-20(24)22-18-11-5-7-14-6-2-3-10-17(14)18/h2-12,19,23H,13H2,1H3,(H2,21,22,24). The van der Waals surface area contributed by atoms with Gasteiger partial charge in [-0.05, 0) is 29.1 Å². The van der Waals surface area contributed by atoms with Crippen molar-refractivity contribution in [3.05, 3.63) is 72.3 Å². The normalized spacial score (nSPS) is 11.8. The Bertz CT molecular complexity index is 874. The number of aliphatic hydroxyl groups is 1. The number of hydrogen-bond acceptors (Lipinski definition) is 3. The summed E-state index contributed by atoms with van der Waals surface area (Å²) in [5.74, 6) is 0.664. The van der Waals surface area contributed by atoms with Gasteiger partial charge in [-0.1, -0.05) is 48.5 Å². The zero-order valence-electron chi connectivity index (χ0n) is 13.9. The fourth-order valence-electron chi connectivity index (χ4n) is 2.66. The van der Waals surface area contributed by atoms with Crippen LogP contribution in [0.25, 0.3) is 10.8 Å². The number of amides is 2. The third-order valence-electron chi connectivity index (χ3n) is 3.97. The highest BCUT2D eigenvalue weighted by Gasteiger charge is 2.11. The molecule has 1 atom stereocenters. The van der Waals surface area contributed by atoms with Crippen LogP contribution in [-0.4, -0.2) is 24.8 Å². The fraction of sp³-hybridized carbons (Fsp3) is 0.150. The average Bonchev–Trinajstić information content (AvgIpc) is 2.66. The van der Waals surface area contributed by atoms with Crippen molar-refractivity contribution in [1.82, 2.24) is 5.32 Å². The maximum Gasteiger partial charge on any atom is 0.319 e. The highest BCUT2D eigenvalue weighted by atomic mass is 16.5. The van der Waals surface area contributed by atoms with E-state index < -0.39 is 6.10 Å². The molecule has 0 aromatic heterocycles. The zero-order valence-corrected chi connectivity index (χ0v) is 13.9. The number of nitrogens with one attached hydrogen (secondary N) is 2. The van der Waals surface area contributed by atoms with Gasteiger partial charge in [-0.15, -0.1) is 0 Å². The van der Waals surface area contributed by atoms with E-state index in [0.29, 0.717) is 11.3 Å². The summed E-state index contributed by atoms with van der Waals surface area (Å²) in [6, 6.07) is 20.3. The van der Waals surface area contributed by atoms with Gasteiger partial charge < -0.3 is 20.5 Å². The topological polar surface area (TPSA) is 70.6 Å². The minimum absolute atomic E-state index is 0.101. The number of anilines is 1. The van der Waals surface area contributed by atoms with Crippen LogP contribution in [-0.2, 0) is 0 Å². The van der Waals surface area contributed by atoms with Crippen LogP contribution in [0.3, 0.4) is 0 Å². The van der Waals surface area contributed by atoms with Gasteiger partial charge in [0.15, 0.2) is 0 Å². The Morgan fingerprint density at radius 2 is 1.84 bits per heavy atom. The number of hydrogen-bond donors (Lipinski definition) is 3. The van der Waals surface area contributed by atoms with Crippen molar-refractivity contribution in [2.45, 2.75) is 6.10 Å². The molecule has 0 radical (unpaired) electrons. The summed E-state index contributed by atoms with van der Waals surface area (Å²) < 4.78 is 5.14. The number of carbonyl (C=O) groups excluding carboxylic acids is 1. The van der Waals surface area contributed by atoms with E-state index in [9.17, 15) is 9.90 Å². The molecule has 0 saturated carbocycles. The van der Waals surface area contributed by atoms with E-state index in [1.807, 2.05) is 42.5 Å². The van der Waals surface area contributed by atoms with E-state index in [-0.39, 0.29) is 12.6 Å². The van der Waals surface area contributed by atoms with Crippen molar-refractivity contribution < 1.29 is 14.6 Å². The Kier molecular flexibility index (Phi) is 5.16. The Balaban J connectivity index is 1.62. The van der Waals surface area contributed by atoms with Crippen LogP contribution in [0.1, 0.15) is 11.7 Å². The number of urea groups is 1. The molecule has 25 heavy (non-hydrogen) atoms. The van der Waals surface area contributed by atoms with Crippen LogP contribution >= 0.6 is 0 Å². The fourth-order valence-corrected chi connectivity index (χ4v) is 2.66. The van der Waals surface area contributed by atoms with Crippen LogP contribution in [0.4, 0.5) is 10.5 Å². The van der Waals surface area contributed by atoms with Gasteiger partial charge in [0.25, 0.3) is 0 Å². The minimum atomic E-state index is -0.812. The van der Waals surface area contributed by atoms with Crippen LogP contribution in [0, 0.1) is 0 Å². The lowest BCUT2D eigenvalue weighted by atomic mass is 10.1. The number of carbonyl (C=O) groups is 1. The predicted octanol–water partition coefficient (Wildman–Crippen LogP) is 3.70. The molecule has 3 aromatic carbocycles. The quantitative estimate of drug-likeness (QED) is 0.665. The van der Waals surface area contributed by atoms with E-state index >= 15 is 0 Å². The predicted molar refractivity (Wildman–Crippen MR) is 98.9 cm³/mol. The van der Waals surface area contributed by atoms with E-state index in [4.69, 9.17) is 4.74 Å². The van der Waals surface area contributed by atoms with E-state index in [0.717, 1.165) is 16.5 Å². The molecule has 1 unspecified atom stereocenters. The second-order valence-corrected chi connectivity index (χ2v) is 5.65. The third-order valence-corrected chi connectivity index (χ3v) is 3.97. The summed E-state index contributed by atoms with van der Waals surface area (Å²) in [6.45, 7) is 0.101. The minimum Gasteiger partial charge on any atom is -0.497 e. The van der Waals surface area contributed by atoms with Gasteiger partial charge in [0.05, 0.1) is 18.9 Å². The van der Waals surface area contributed by atoms with Gasteiger partial charge in [0.2, 0.25) is 0 Å². The Hall–Kier alpha value is -3.05. The first-order valence-corrected chi connectivity index (χ1v) is 8.02. The number of fused-ring (bicyclic) bond motifs is 1. The number of aliphatic hydroxyl groups excluding tert-OH is 1. The first-order chi connectivity index (χ1) is 12.2.